The minimum Gasteiger partial charge on any atom is -0.379 e. The number of carbonyl (C=O) groups excluding carboxylic acids is 4. The van der Waals surface area contributed by atoms with Crippen molar-refractivity contribution in [3.8, 4) is 0 Å². The molecule has 2 heterocycles. The maximum Gasteiger partial charge on any atom is 0.345 e. The second-order valence-electron chi connectivity index (χ2n) is 10.9. The molecule has 11 nitrogen and oxygen atoms in total. The summed E-state index contributed by atoms with van der Waals surface area (Å²) < 4.78 is 40.6. The molecule has 3 rings (SSSR count). The maximum atomic E-state index is 13.5. The highest BCUT2D eigenvalue weighted by atomic mass is 19.3. The van der Waals surface area contributed by atoms with Crippen molar-refractivity contribution in [2.75, 3.05) is 46.1 Å². The number of nitrogens with one attached hydrogen (secondary N) is 3. The van der Waals surface area contributed by atoms with E-state index in [1.807, 2.05) is 49.1 Å². The number of Topliss-reactive ketones (excluding diaryl/α,β-unsaturated/α-hetero) is 1. The number of hydrogen-bond acceptors (Lipinski definition) is 8. The lowest BCUT2D eigenvalue weighted by atomic mass is 9.94. The first-order valence-electron chi connectivity index (χ1n) is 13.8. The van der Waals surface area contributed by atoms with Crippen molar-refractivity contribution in [1.29, 1.82) is 0 Å². The van der Waals surface area contributed by atoms with E-state index in [9.17, 15) is 28.0 Å². The van der Waals surface area contributed by atoms with Crippen LogP contribution in [-0.4, -0.2) is 105 Å². The molecule has 2 fully saturated rings. The van der Waals surface area contributed by atoms with Gasteiger partial charge in [0.25, 0.3) is 0 Å². The molecule has 1 unspecified atom stereocenters. The van der Waals surface area contributed by atoms with Gasteiger partial charge in [0, 0.05) is 13.1 Å². The molecule has 0 aromatic heterocycles. The first-order chi connectivity index (χ1) is 19.5. The summed E-state index contributed by atoms with van der Waals surface area (Å²) in [4.78, 5) is 54.3. The Morgan fingerprint density at radius 3 is 2.17 bits per heavy atom. The van der Waals surface area contributed by atoms with Crippen LogP contribution in [0, 0.1) is 5.92 Å². The van der Waals surface area contributed by atoms with Gasteiger partial charge in [0.1, 0.15) is 17.7 Å². The molecule has 13 heteroatoms. The van der Waals surface area contributed by atoms with Gasteiger partial charge in [-0.25, -0.2) is 0 Å². The van der Waals surface area contributed by atoms with Gasteiger partial charge in [0.2, 0.25) is 17.7 Å². The van der Waals surface area contributed by atoms with E-state index < -0.39 is 54.7 Å². The molecule has 0 bridgehead atoms. The second-order valence-corrected chi connectivity index (χ2v) is 10.9. The molecule has 0 saturated carbocycles. The number of alkyl halides is 2. The number of benzene rings is 1. The Labute approximate surface area is 238 Å². The number of ketones is 1. The Morgan fingerprint density at radius 2 is 1.59 bits per heavy atom. The molecular formula is C28H40F2N4O7. The predicted molar refractivity (Wildman–Crippen MR) is 144 cm³/mol. The summed E-state index contributed by atoms with van der Waals surface area (Å²) >= 11 is 0. The number of hydrogen-bond donors (Lipinski definition) is 3. The third-order valence-electron chi connectivity index (χ3n) is 6.87. The van der Waals surface area contributed by atoms with Crippen LogP contribution in [0.25, 0.3) is 0 Å². The van der Waals surface area contributed by atoms with Crippen LogP contribution in [0.2, 0.25) is 0 Å². The summed E-state index contributed by atoms with van der Waals surface area (Å²) in [5.74, 6) is -2.36. The average molecular weight is 583 g/mol. The molecular weight excluding hydrogens is 542 g/mol. The Bertz CT molecular complexity index is 1030. The summed E-state index contributed by atoms with van der Waals surface area (Å²) in [7, 11) is 0. The monoisotopic (exact) mass is 582 g/mol. The van der Waals surface area contributed by atoms with Crippen LogP contribution in [0.15, 0.2) is 30.3 Å². The quantitative estimate of drug-likeness (QED) is 0.242. The summed E-state index contributed by atoms with van der Waals surface area (Å²) in [6.45, 7) is 3.53. The lowest BCUT2D eigenvalue weighted by Crippen LogP contribution is -2.58. The van der Waals surface area contributed by atoms with Crippen LogP contribution in [0.5, 0.6) is 0 Å². The number of morpholine rings is 1. The van der Waals surface area contributed by atoms with Gasteiger partial charge in [-0.1, -0.05) is 44.2 Å². The molecule has 2 aliphatic rings. The normalized spacial score (nSPS) is 21.1. The summed E-state index contributed by atoms with van der Waals surface area (Å²) in [5.41, 5.74) is -0.168. The van der Waals surface area contributed by atoms with Crippen LogP contribution >= 0.6 is 0 Å². The van der Waals surface area contributed by atoms with Crippen LogP contribution < -0.4 is 16.0 Å². The lowest BCUT2D eigenvalue weighted by Gasteiger charge is -2.28. The second kappa shape index (κ2) is 15.3. The molecule has 41 heavy (non-hydrogen) atoms. The van der Waals surface area contributed by atoms with Crippen LogP contribution in [0.4, 0.5) is 8.78 Å². The highest BCUT2D eigenvalue weighted by Crippen LogP contribution is 2.29. The zero-order chi connectivity index (χ0) is 30.0. The molecule has 3 N–H and O–H groups in total. The van der Waals surface area contributed by atoms with E-state index in [4.69, 9.17) is 9.47 Å². The molecule has 0 radical (unpaired) electrons. The van der Waals surface area contributed by atoms with E-state index >= 15 is 0 Å². The van der Waals surface area contributed by atoms with Gasteiger partial charge >= 0.3 is 6.61 Å². The van der Waals surface area contributed by atoms with E-state index in [0.29, 0.717) is 26.3 Å². The van der Waals surface area contributed by atoms with Crippen LogP contribution in [0.3, 0.4) is 0 Å². The third-order valence-corrected chi connectivity index (χ3v) is 6.87. The van der Waals surface area contributed by atoms with E-state index in [2.05, 4.69) is 20.7 Å². The van der Waals surface area contributed by atoms with Gasteiger partial charge in [0.05, 0.1) is 39.0 Å². The number of carbonyl (C=O) groups is 4. The van der Waals surface area contributed by atoms with Crippen molar-refractivity contribution < 1.29 is 42.2 Å². The van der Waals surface area contributed by atoms with Crippen molar-refractivity contribution in [3.05, 3.63) is 35.9 Å². The Balaban J connectivity index is 1.71. The molecule has 2 saturated heterocycles. The van der Waals surface area contributed by atoms with Gasteiger partial charge in [-0.15, -0.1) is 0 Å². The van der Waals surface area contributed by atoms with Gasteiger partial charge < -0.3 is 30.2 Å². The van der Waals surface area contributed by atoms with Crippen molar-refractivity contribution in [2.45, 2.75) is 64.0 Å². The van der Waals surface area contributed by atoms with Crippen LogP contribution in [0.1, 0.15) is 32.8 Å². The number of amides is 3. The smallest absolute Gasteiger partial charge is 0.345 e. The van der Waals surface area contributed by atoms with E-state index in [1.54, 1.807) is 6.92 Å². The number of rotatable bonds is 16. The molecule has 1 aromatic rings. The van der Waals surface area contributed by atoms with Gasteiger partial charge in [0.15, 0.2) is 5.78 Å². The lowest BCUT2D eigenvalue weighted by molar-refractivity contribution is -0.148. The summed E-state index contributed by atoms with van der Waals surface area (Å²) in [6.07, 6.45) is 0.414. The van der Waals surface area contributed by atoms with Crippen molar-refractivity contribution in [1.82, 2.24) is 20.9 Å². The average Bonchev–Trinajstić information content (AvgIpc) is 3.68. The van der Waals surface area contributed by atoms with Crippen molar-refractivity contribution >= 4 is 23.5 Å². The van der Waals surface area contributed by atoms with Gasteiger partial charge in [-0.2, -0.15) is 8.78 Å². The minimum atomic E-state index is -3.16. The van der Waals surface area contributed by atoms with E-state index in [1.165, 1.54) is 0 Å². The third kappa shape index (κ3) is 10.7. The number of ether oxygens (including phenoxy) is 3. The Morgan fingerprint density at radius 1 is 0.976 bits per heavy atom. The predicted octanol–water partition coefficient (Wildman–Crippen LogP) is 0.659. The zero-order valence-corrected chi connectivity index (χ0v) is 23.7. The van der Waals surface area contributed by atoms with E-state index in [0.717, 1.165) is 5.56 Å². The summed E-state index contributed by atoms with van der Waals surface area (Å²) in [6, 6.07) is 5.66. The van der Waals surface area contributed by atoms with Gasteiger partial charge in [-0.05, 0) is 31.2 Å². The topological polar surface area (TPSA) is 139 Å². The molecule has 228 valence electrons. The Hall–Kier alpha value is -3.00. The minimum absolute atomic E-state index is 0.0507. The highest BCUT2D eigenvalue weighted by Gasteiger charge is 2.50. The standard InChI is InChI=1S/C28H40F2N4O7/c1-18(2)13-21(25(37)32-20(24(36)28(3)17-41-28)14-19-7-5-4-6-8-19)33-26(38)22(16-40-27(29)30)31-23(35)15-34-9-11-39-12-10-34/h4-8,18,20-22,27H,9-17H2,1-3H3,(H,31,35)(H,32,37)(H,33,38)/t20-,21?,22-,28+/m0/s1. The highest BCUT2D eigenvalue weighted by molar-refractivity contribution is 5.98. The molecule has 4 atom stereocenters. The molecule has 0 aliphatic carbocycles. The largest absolute Gasteiger partial charge is 0.379 e. The number of nitrogens with zero attached hydrogens (tertiary/aromatic N) is 1. The summed E-state index contributed by atoms with van der Waals surface area (Å²) in [5, 5.41) is 7.79. The van der Waals surface area contributed by atoms with Crippen LogP contribution in [-0.2, 0) is 39.8 Å². The first-order valence-corrected chi connectivity index (χ1v) is 13.8. The van der Waals surface area contributed by atoms with E-state index in [-0.39, 0.29) is 37.7 Å². The van der Waals surface area contributed by atoms with Gasteiger partial charge in [-0.3, -0.25) is 24.1 Å². The molecule has 3 amide bonds. The fourth-order valence-electron chi connectivity index (χ4n) is 4.48. The Kier molecular flexibility index (Phi) is 12.1. The fraction of sp³-hybridized carbons (Fsp3) is 0.643. The van der Waals surface area contributed by atoms with Crippen molar-refractivity contribution in [3.63, 3.8) is 0 Å². The molecule has 0 spiro atoms. The van der Waals surface area contributed by atoms with Crippen molar-refractivity contribution in [2.24, 2.45) is 5.92 Å². The number of epoxide rings is 1. The maximum absolute atomic E-state index is 13.5. The fourth-order valence-corrected chi connectivity index (χ4v) is 4.48. The SMILES string of the molecule is CC(C)CC(NC(=O)[C@H](COC(F)F)NC(=O)CN1CCOCC1)C(=O)N[C@@H](Cc1ccccc1)C(=O)[C@@]1(C)CO1. The number of halogens is 2. The first kappa shape index (κ1) is 32.5. The molecule has 2 aliphatic heterocycles. The molecule has 1 aromatic carbocycles. The zero-order valence-electron chi connectivity index (χ0n) is 23.7.